The van der Waals surface area contributed by atoms with Gasteiger partial charge in [0.25, 0.3) is 0 Å². The number of hydrogen-bond donors (Lipinski definition) is 0. The summed E-state index contributed by atoms with van der Waals surface area (Å²) in [4.78, 5) is 4.84. The third kappa shape index (κ3) is 52.1. The summed E-state index contributed by atoms with van der Waals surface area (Å²) in [6.45, 7) is 76.4. The number of nitrogens with zero attached hydrogens (tertiary/aromatic N) is 11. The Balaban J connectivity index is 0.000000289. The zero-order valence-electron chi connectivity index (χ0n) is 85.0. The van der Waals surface area contributed by atoms with Gasteiger partial charge < -0.3 is 28.4 Å². The average Bonchev–Trinajstić information content (AvgIpc) is 1.80. The molecule has 0 amide bonds. The summed E-state index contributed by atoms with van der Waals surface area (Å²) in [6.07, 6.45) is 11.0. The molecule has 6 aromatic carbocycles. The molecule has 0 spiro atoms. The normalized spacial score (nSPS) is 11.9. The van der Waals surface area contributed by atoms with E-state index in [9.17, 15) is 0 Å². The van der Waals surface area contributed by atoms with Crippen LogP contribution in [0.4, 0.5) is 0 Å². The largest absolute Gasteiger partial charge is 0.374 e. The predicted molar refractivity (Wildman–Crippen MR) is 544 cm³/mol. The topological polar surface area (TPSA) is 154 Å². The molecule has 17 nitrogen and oxygen atoms in total. The van der Waals surface area contributed by atoms with Crippen LogP contribution in [0.1, 0.15) is 308 Å². The fourth-order valence-corrected chi connectivity index (χ4v) is 15.9. The van der Waals surface area contributed by atoms with Gasteiger partial charge in [-0.25, -0.2) is 0 Å². The van der Waals surface area contributed by atoms with E-state index in [1.54, 1.807) is 0 Å². The van der Waals surface area contributed by atoms with Crippen molar-refractivity contribution in [3.63, 3.8) is 0 Å². The molecule has 0 saturated carbocycles. The highest BCUT2D eigenvalue weighted by Gasteiger charge is 2.19. The summed E-state index contributed by atoms with van der Waals surface area (Å²) < 4.78 is 40.1. The minimum Gasteiger partial charge on any atom is -0.374 e. The molecule has 0 bridgehead atoms. The van der Waals surface area contributed by atoms with Gasteiger partial charge in [-0.15, -0.1) is 15.3 Å². The van der Waals surface area contributed by atoms with E-state index in [1.165, 1.54) is 83.5 Å². The third-order valence-electron chi connectivity index (χ3n) is 19.4. The van der Waals surface area contributed by atoms with E-state index in [0.29, 0.717) is 104 Å². The maximum atomic E-state index is 5.78. The molecule has 0 fully saturated rings. The van der Waals surface area contributed by atoms with Crippen LogP contribution in [0, 0.1) is 35.5 Å². The van der Waals surface area contributed by atoms with Crippen LogP contribution in [0.3, 0.4) is 0 Å². The van der Waals surface area contributed by atoms with E-state index in [1.807, 2.05) is 67.9 Å². The minimum absolute atomic E-state index is 0.232. The van der Waals surface area contributed by atoms with Crippen molar-refractivity contribution in [3.8, 4) is 0 Å². The molecule has 0 radical (unpaired) electrons. The molecule has 0 atom stereocenters. The summed E-state index contributed by atoms with van der Waals surface area (Å²) >= 11 is 5.97. The average molecular weight is 1820 g/mol. The highest BCUT2D eigenvalue weighted by Crippen LogP contribution is 2.28. The van der Waals surface area contributed by atoms with Crippen LogP contribution >= 0.6 is 35.3 Å². The van der Waals surface area contributed by atoms with Gasteiger partial charge in [-0.1, -0.05) is 268 Å². The molecule has 0 aliphatic heterocycles. The molecule has 128 heavy (non-hydrogen) atoms. The van der Waals surface area contributed by atoms with Crippen LogP contribution < -0.4 is 0 Å². The Bertz CT molecular complexity index is 3730. The second-order valence-electron chi connectivity index (χ2n) is 39.7. The van der Waals surface area contributed by atoms with Crippen LogP contribution in [0.15, 0.2) is 146 Å². The molecular formula is C108H171N11O6S3. The van der Waals surface area contributed by atoms with Gasteiger partial charge in [0.2, 0.25) is 0 Å². The van der Waals surface area contributed by atoms with Crippen LogP contribution in [0.25, 0.3) is 0 Å². The summed E-state index contributed by atoms with van der Waals surface area (Å²) in [5, 5.41) is 27.9. The lowest BCUT2D eigenvalue weighted by atomic mass is 10.0. The minimum atomic E-state index is 0.232. The zero-order chi connectivity index (χ0) is 94.4. The van der Waals surface area contributed by atoms with Crippen molar-refractivity contribution in [1.29, 1.82) is 0 Å². The Morgan fingerprint density at radius 3 is 0.609 bits per heavy atom. The number of thioether (sulfide) groups is 3. The first-order chi connectivity index (χ1) is 60.6. The van der Waals surface area contributed by atoms with Crippen molar-refractivity contribution >= 4 is 35.3 Å². The monoisotopic (exact) mass is 1810 g/mol. The first-order valence-corrected chi connectivity index (χ1v) is 51.0. The standard InChI is InChI=1S/C33H45N.C21H36N10.C18H30O3.C18H30O2S.C18H30OS2/c1-25(2)19-28-7-13-31(14-8-28)22-34(23-32-15-9-29(10-16-32)20-26(3)4)24-33-17-11-30(12-18-33)21-27(5)6;1-16(2)7-29-13-19(22-25-29)10-28(11-20-14-30(26-23-20)8-17(3)4)12-21-15-31(27-24-21)9-18(5)6;3*1-13(2)19-10-16-7-17(11-20-14(3)4)9-18(8-16)12-21-15(5)6/h7-18,25-27H,19-24H2,1-6H3;13-18H,7-12H2,1-6H3;3*7-9,13-15H,10-12H2,1-6H3. The number of benzene rings is 6. The van der Waals surface area contributed by atoms with Crippen molar-refractivity contribution in [2.75, 3.05) is 0 Å². The number of rotatable bonds is 51. The summed E-state index contributed by atoms with van der Waals surface area (Å²) in [7, 11) is 0. The second-order valence-corrected chi connectivity index (χ2v) is 44.4. The molecule has 0 unspecified atom stereocenters. The lowest BCUT2D eigenvalue weighted by molar-refractivity contribution is 0.0593. The smallest absolute Gasteiger partial charge is 0.0967 e. The molecule has 0 aliphatic rings. The zero-order valence-corrected chi connectivity index (χ0v) is 87.4. The van der Waals surface area contributed by atoms with Crippen LogP contribution in [0.5, 0.6) is 0 Å². The quantitative estimate of drug-likeness (QED) is 0.0355. The Kier molecular flexibility index (Phi) is 53.6. The molecule has 0 aliphatic carbocycles. The van der Waals surface area contributed by atoms with Crippen molar-refractivity contribution in [2.45, 2.75) is 395 Å². The lowest BCUT2D eigenvalue weighted by Crippen LogP contribution is -2.23. The molecule has 0 saturated heterocycles. The molecule has 3 heterocycles. The van der Waals surface area contributed by atoms with Crippen LogP contribution in [-0.4, -0.2) is 107 Å². The predicted octanol–water partition coefficient (Wildman–Crippen LogP) is 26.7. The van der Waals surface area contributed by atoms with Gasteiger partial charge in [0, 0.05) is 94.8 Å². The Morgan fingerprint density at radius 2 is 0.422 bits per heavy atom. The first-order valence-electron chi connectivity index (χ1n) is 47.9. The molecule has 3 aromatic heterocycles. The number of hydrogen-bond acceptors (Lipinski definition) is 17. The van der Waals surface area contributed by atoms with Crippen LogP contribution in [-0.2, 0) is 163 Å². The highest BCUT2D eigenvalue weighted by molar-refractivity contribution is 7.99. The summed E-state index contributed by atoms with van der Waals surface area (Å²) in [6, 6.07) is 48.0. The first kappa shape index (κ1) is 112. The van der Waals surface area contributed by atoms with E-state index in [4.69, 9.17) is 28.4 Å². The van der Waals surface area contributed by atoms with Crippen molar-refractivity contribution < 1.29 is 28.4 Å². The van der Waals surface area contributed by atoms with Crippen molar-refractivity contribution in [1.82, 2.24) is 54.8 Å². The molecule has 0 N–H and O–H groups in total. The SMILES string of the molecule is CC(C)Cc1ccc(CN(Cc2ccc(CC(C)C)cc2)Cc2ccc(CC(C)C)cc2)cc1.CC(C)Cn1cc(CN(Cc2cn(CC(C)C)nn2)Cc2cn(CC(C)C)nn2)nn1.CC(C)OCc1cc(COC(C)C)cc(COC(C)C)c1.CC(C)OCc1cc(COC(C)C)cc(CSC(C)C)c1.CC(C)OCc1cc(CSC(C)C)cc(CSC(C)C)c1. The van der Waals surface area contributed by atoms with E-state index < -0.39 is 0 Å². The maximum Gasteiger partial charge on any atom is 0.0967 e. The summed E-state index contributed by atoms with van der Waals surface area (Å²) in [5.41, 5.74) is 22.8. The molecule has 20 heteroatoms. The lowest BCUT2D eigenvalue weighted by Gasteiger charge is -2.23. The van der Waals surface area contributed by atoms with Crippen molar-refractivity contribution in [2.24, 2.45) is 35.5 Å². The fourth-order valence-electron chi connectivity index (χ4n) is 13.8. The molecule has 9 aromatic rings. The van der Waals surface area contributed by atoms with Gasteiger partial charge in [-0.3, -0.25) is 23.8 Å². The van der Waals surface area contributed by atoms with Gasteiger partial charge in [0.05, 0.1) is 93.3 Å². The Labute approximate surface area is 790 Å². The summed E-state index contributed by atoms with van der Waals surface area (Å²) in [5.74, 6) is 6.88. The molecule has 712 valence electrons. The van der Waals surface area contributed by atoms with E-state index >= 15 is 0 Å². The number of ether oxygens (including phenoxy) is 6. The number of aromatic nitrogens is 9. The second kappa shape index (κ2) is 61.3. The van der Waals surface area contributed by atoms with E-state index in [0.717, 1.165) is 99.5 Å². The third-order valence-corrected chi connectivity index (χ3v) is 22.9. The van der Waals surface area contributed by atoms with Crippen LogP contribution in [0.2, 0.25) is 0 Å². The van der Waals surface area contributed by atoms with Gasteiger partial charge in [0.15, 0.2) is 0 Å². The maximum absolute atomic E-state index is 5.78. The Morgan fingerprint density at radius 1 is 0.234 bits per heavy atom. The molecular weight excluding hydrogens is 1640 g/mol. The fraction of sp³-hybridized carbons (Fsp3) is 0.611. The highest BCUT2D eigenvalue weighted by atomic mass is 32.2. The molecule has 9 rings (SSSR count). The Hall–Kier alpha value is -6.53. The van der Waals surface area contributed by atoms with E-state index in [2.05, 4.69) is 376 Å². The van der Waals surface area contributed by atoms with Gasteiger partial charge in [-0.2, -0.15) is 35.3 Å². The van der Waals surface area contributed by atoms with Crippen molar-refractivity contribution in [3.05, 3.63) is 247 Å². The van der Waals surface area contributed by atoms with E-state index in [-0.39, 0.29) is 36.6 Å². The van der Waals surface area contributed by atoms with Gasteiger partial charge in [-0.05, 0) is 237 Å². The van der Waals surface area contributed by atoms with Gasteiger partial charge >= 0.3 is 0 Å². The van der Waals surface area contributed by atoms with Gasteiger partial charge in [0.1, 0.15) is 0 Å².